The van der Waals surface area contributed by atoms with Crippen LogP contribution >= 0.6 is 11.6 Å². The Morgan fingerprint density at radius 1 is 1.33 bits per heavy atom. The van der Waals surface area contributed by atoms with Crippen molar-refractivity contribution in [3.63, 3.8) is 0 Å². The van der Waals surface area contributed by atoms with E-state index in [1.165, 1.54) is 0 Å². The van der Waals surface area contributed by atoms with Crippen molar-refractivity contribution in [2.75, 3.05) is 29.5 Å². The number of sulfone groups is 1. The van der Waals surface area contributed by atoms with Gasteiger partial charge in [0.2, 0.25) is 0 Å². The predicted molar refractivity (Wildman–Crippen MR) is 72.6 cm³/mol. The SMILES string of the molecule is NCc1nc(N2CCCS(=O)(=O)CC2)ccc1Cl. The molecule has 1 aliphatic rings. The minimum Gasteiger partial charge on any atom is -0.356 e. The molecule has 0 aliphatic carbocycles. The second-order valence-corrected chi connectivity index (χ2v) is 7.01. The van der Waals surface area contributed by atoms with Crippen LogP contribution in [0.1, 0.15) is 12.1 Å². The van der Waals surface area contributed by atoms with Crippen molar-refractivity contribution in [3.8, 4) is 0 Å². The van der Waals surface area contributed by atoms with E-state index in [2.05, 4.69) is 4.98 Å². The summed E-state index contributed by atoms with van der Waals surface area (Å²) >= 11 is 5.96. The van der Waals surface area contributed by atoms with Gasteiger partial charge in [-0.25, -0.2) is 13.4 Å². The first kappa shape index (κ1) is 13.6. The van der Waals surface area contributed by atoms with Crippen molar-refractivity contribution in [3.05, 3.63) is 22.8 Å². The Bertz CT molecular complexity index is 533. The van der Waals surface area contributed by atoms with E-state index in [0.29, 0.717) is 30.2 Å². The van der Waals surface area contributed by atoms with Crippen LogP contribution in [0.5, 0.6) is 0 Å². The van der Waals surface area contributed by atoms with Crippen LogP contribution in [0.4, 0.5) is 5.82 Å². The first-order chi connectivity index (χ1) is 8.52. The second-order valence-electron chi connectivity index (χ2n) is 4.29. The van der Waals surface area contributed by atoms with Gasteiger partial charge in [-0.3, -0.25) is 0 Å². The molecular weight excluding hydrogens is 274 g/mol. The summed E-state index contributed by atoms with van der Waals surface area (Å²) < 4.78 is 23.1. The lowest BCUT2D eigenvalue weighted by atomic mass is 10.3. The average molecular weight is 290 g/mol. The third-order valence-corrected chi connectivity index (χ3v) is 5.04. The molecule has 2 heterocycles. The third-order valence-electron chi connectivity index (χ3n) is 2.98. The largest absolute Gasteiger partial charge is 0.356 e. The normalized spacial score (nSPS) is 19.6. The first-order valence-corrected chi connectivity index (χ1v) is 8.02. The number of halogens is 1. The van der Waals surface area contributed by atoms with Gasteiger partial charge >= 0.3 is 0 Å². The van der Waals surface area contributed by atoms with E-state index in [1.807, 2.05) is 4.90 Å². The van der Waals surface area contributed by atoms with Gasteiger partial charge in [0, 0.05) is 19.6 Å². The molecule has 0 unspecified atom stereocenters. The molecule has 5 nitrogen and oxygen atoms in total. The van der Waals surface area contributed by atoms with E-state index in [9.17, 15) is 8.42 Å². The Hall–Kier alpha value is -0.850. The van der Waals surface area contributed by atoms with Crippen molar-refractivity contribution in [2.45, 2.75) is 13.0 Å². The molecule has 1 aromatic heterocycles. The molecule has 0 spiro atoms. The lowest BCUT2D eigenvalue weighted by molar-refractivity contribution is 0.597. The second kappa shape index (κ2) is 5.42. The van der Waals surface area contributed by atoms with Gasteiger partial charge in [-0.15, -0.1) is 0 Å². The monoisotopic (exact) mass is 289 g/mol. The molecule has 1 saturated heterocycles. The maximum atomic E-state index is 11.5. The van der Waals surface area contributed by atoms with E-state index in [4.69, 9.17) is 17.3 Å². The topological polar surface area (TPSA) is 76.3 Å². The Labute approximate surface area is 112 Å². The minimum absolute atomic E-state index is 0.176. The Balaban J connectivity index is 2.21. The van der Waals surface area contributed by atoms with Crippen molar-refractivity contribution in [1.29, 1.82) is 0 Å². The predicted octanol–water partition coefficient (Wildman–Crippen LogP) is 0.819. The lowest BCUT2D eigenvalue weighted by Crippen LogP contribution is -2.27. The number of nitrogens with two attached hydrogens (primary N) is 1. The molecule has 0 atom stereocenters. The first-order valence-electron chi connectivity index (χ1n) is 5.83. The zero-order valence-corrected chi connectivity index (χ0v) is 11.5. The van der Waals surface area contributed by atoms with Crippen LogP contribution in [0.2, 0.25) is 5.02 Å². The summed E-state index contributed by atoms with van der Waals surface area (Å²) in [5.41, 5.74) is 6.20. The number of hydrogen-bond donors (Lipinski definition) is 1. The van der Waals surface area contributed by atoms with Gasteiger partial charge in [0.05, 0.1) is 22.2 Å². The lowest BCUT2D eigenvalue weighted by Gasteiger charge is -2.21. The molecule has 0 radical (unpaired) electrons. The Morgan fingerprint density at radius 2 is 2.11 bits per heavy atom. The molecule has 0 aromatic carbocycles. The fraction of sp³-hybridized carbons (Fsp3) is 0.545. The minimum atomic E-state index is -2.90. The van der Waals surface area contributed by atoms with E-state index in [0.717, 1.165) is 5.82 Å². The average Bonchev–Trinajstić information content (AvgIpc) is 2.51. The van der Waals surface area contributed by atoms with Crippen LogP contribution in [0.3, 0.4) is 0 Å². The van der Waals surface area contributed by atoms with E-state index in [-0.39, 0.29) is 18.1 Å². The molecule has 0 amide bonds. The third kappa shape index (κ3) is 3.13. The standard InChI is InChI=1S/C11H16ClN3O2S/c12-9-2-3-11(14-10(9)8-13)15-4-1-6-18(16,17)7-5-15/h2-3H,1,4-8,13H2. The van der Waals surface area contributed by atoms with Crippen LogP contribution in [0.25, 0.3) is 0 Å². The van der Waals surface area contributed by atoms with Crippen molar-refractivity contribution in [2.24, 2.45) is 5.73 Å². The maximum Gasteiger partial charge on any atom is 0.152 e. The number of hydrogen-bond acceptors (Lipinski definition) is 5. The Morgan fingerprint density at radius 3 is 2.83 bits per heavy atom. The van der Waals surface area contributed by atoms with Gasteiger partial charge in [0.1, 0.15) is 5.82 Å². The fourth-order valence-electron chi connectivity index (χ4n) is 1.96. The molecule has 7 heteroatoms. The number of nitrogens with zero attached hydrogens (tertiary/aromatic N) is 2. The molecule has 1 fully saturated rings. The molecule has 1 aliphatic heterocycles. The van der Waals surface area contributed by atoms with Crippen LogP contribution < -0.4 is 10.6 Å². The zero-order valence-electron chi connectivity index (χ0n) is 9.97. The van der Waals surface area contributed by atoms with Crippen LogP contribution in [0.15, 0.2) is 12.1 Å². The Kier molecular flexibility index (Phi) is 4.09. The van der Waals surface area contributed by atoms with Crippen LogP contribution in [0, 0.1) is 0 Å². The number of anilines is 1. The summed E-state index contributed by atoms with van der Waals surface area (Å²) in [5.74, 6) is 1.17. The zero-order chi connectivity index (χ0) is 13.2. The number of rotatable bonds is 2. The molecule has 2 rings (SSSR count). The quantitative estimate of drug-likeness (QED) is 0.872. The highest BCUT2D eigenvalue weighted by Gasteiger charge is 2.20. The maximum absolute atomic E-state index is 11.5. The van der Waals surface area contributed by atoms with E-state index in [1.54, 1.807) is 12.1 Å². The molecule has 0 bridgehead atoms. The highest BCUT2D eigenvalue weighted by atomic mass is 35.5. The van der Waals surface area contributed by atoms with E-state index >= 15 is 0 Å². The highest BCUT2D eigenvalue weighted by molar-refractivity contribution is 7.91. The van der Waals surface area contributed by atoms with Crippen molar-refractivity contribution >= 4 is 27.3 Å². The fourth-order valence-corrected chi connectivity index (χ4v) is 3.41. The molecule has 18 heavy (non-hydrogen) atoms. The summed E-state index contributed by atoms with van der Waals surface area (Å²) in [5, 5.41) is 0.545. The van der Waals surface area contributed by atoms with Crippen LogP contribution in [-0.2, 0) is 16.4 Å². The van der Waals surface area contributed by atoms with Gasteiger partial charge in [0.15, 0.2) is 9.84 Å². The number of aromatic nitrogens is 1. The van der Waals surface area contributed by atoms with Gasteiger partial charge in [0.25, 0.3) is 0 Å². The molecule has 1 aromatic rings. The molecular formula is C11H16ClN3O2S. The smallest absolute Gasteiger partial charge is 0.152 e. The summed E-state index contributed by atoms with van der Waals surface area (Å²) in [6.45, 7) is 1.44. The van der Waals surface area contributed by atoms with Crippen molar-refractivity contribution < 1.29 is 8.42 Å². The summed E-state index contributed by atoms with van der Waals surface area (Å²) in [6.07, 6.45) is 0.630. The van der Waals surface area contributed by atoms with Crippen LogP contribution in [-0.4, -0.2) is 38.0 Å². The molecule has 0 saturated carbocycles. The van der Waals surface area contributed by atoms with Gasteiger partial charge < -0.3 is 10.6 Å². The van der Waals surface area contributed by atoms with Crippen molar-refractivity contribution in [1.82, 2.24) is 4.98 Å². The summed E-state index contributed by atoms with van der Waals surface area (Å²) in [4.78, 5) is 6.35. The summed E-state index contributed by atoms with van der Waals surface area (Å²) in [6, 6.07) is 3.56. The highest BCUT2D eigenvalue weighted by Crippen LogP contribution is 2.20. The molecule has 2 N–H and O–H groups in total. The summed E-state index contributed by atoms with van der Waals surface area (Å²) in [7, 11) is -2.90. The van der Waals surface area contributed by atoms with Gasteiger partial charge in [-0.1, -0.05) is 11.6 Å². The molecule has 100 valence electrons. The van der Waals surface area contributed by atoms with E-state index < -0.39 is 9.84 Å². The van der Waals surface area contributed by atoms with Gasteiger partial charge in [-0.05, 0) is 18.6 Å². The van der Waals surface area contributed by atoms with Gasteiger partial charge in [-0.2, -0.15) is 0 Å². The number of pyridine rings is 1.